The molecule has 1 N–H and O–H groups in total. The Bertz CT molecular complexity index is 1520. The molecular weight excluding hydrogens is 486 g/mol. The number of carbonyl (C=O) groups is 2. The van der Waals surface area contributed by atoms with Gasteiger partial charge in [-0.3, -0.25) is 4.79 Å². The minimum absolute atomic E-state index is 0.164. The first-order chi connectivity index (χ1) is 19.0. The summed E-state index contributed by atoms with van der Waals surface area (Å²) in [5.74, 6) is 0.948. The summed E-state index contributed by atoms with van der Waals surface area (Å²) in [7, 11) is 0. The summed E-state index contributed by atoms with van der Waals surface area (Å²) in [6, 6.07) is 21.5. The molecule has 1 saturated carbocycles. The maximum Gasteiger partial charge on any atom is 0.336 e. The lowest BCUT2D eigenvalue weighted by molar-refractivity contribution is -0.121. The molecule has 0 radical (unpaired) electrons. The van der Waals surface area contributed by atoms with Gasteiger partial charge in [-0.2, -0.15) is 0 Å². The molecule has 6 rings (SSSR count). The van der Waals surface area contributed by atoms with Crippen LogP contribution in [0.2, 0.25) is 0 Å². The number of carboxylic acids is 1. The number of hydrogen-bond acceptors (Lipinski definition) is 3. The fourth-order valence-electron chi connectivity index (χ4n) is 6.46. The molecule has 1 amide bonds. The number of amides is 1. The summed E-state index contributed by atoms with van der Waals surface area (Å²) in [5, 5.41) is 10.0. The standard InChI is InChI=1S/C33H35N3O3/c1-2-3-13-31-34-29-17-15-25(35-21-24-11-7-8-12-27(24)32(35)37)19-30(29)36(31)20-22-14-16-26(28(18-22)33(38)39)23-9-5-4-6-10-23/h4-6,9-10,14-19,24,27H,2-3,7-8,11-13,20-21H2,1H3,(H,38,39). The Labute approximate surface area is 229 Å². The summed E-state index contributed by atoms with van der Waals surface area (Å²) in [6.07, 6.45) is 7.45. The molecule has 4 aromatic rings. The summed E-state index contributed by atoms with van der Waals surface area (Å²) in [6.45, 7) is 3.49. The van der Waals surface area contributed by atoms with Gasteiger partial charge in [0.2, 0.25) is 5.91 Å². The van der Waals surface area contributed by atoms with E-state index in [0.717, 1.165) is 78.7 Å². The number of imidazole rings is 1. The molecule has 2 unspecified atom stereocenters. The van der Waals surface area contributed by atoms with Crippen molar-refractivity contribution in [2.45, 2.75) is 58.4 Å². The number of benzene rings is 3. The average Bonchev–Trinajstić information content (AvgIpc) is 3.49. The Hall–Kier alpha value is -3.93. The minimum Gasteiger partial charge on any atom is -0.478 e. The fourth-order valence-corrected chi connectivity index (χ4v) is 6.46. The molecule has 1 saturated heterocycles. The molecular formula is C33H35N3O3. The van der Waals surface area contributed by atoms with Crippen molar-refractivity contribution < 1.29 is 14.7 Å². The molecule has 6 heteroatoms. The van der Waals surface area contributed by atoms with E-state index in [9.17, 15) is 14.7 Å². The fraction of sp³-hybridized carbons (Fsp3) is 0.364. The first-order valence-corrected chi connectivity index (χ1v) is 14.3. The van der Waals surface area contributed by atoms with Gasteiger partial charge in [0.05, 0.1) is 16.6 Å². The van der Waals surface area contributed by atoms with E-state index in [-0.39, 0.29) is 11.8 Å². The lowest BCUT2D eigenvalue weighted by atomic mass is 9.81. The Kier molecular flexibility index (Phi) is 6.94. The van der Waals surface area contributed by atoms with Crippen LogP contribution in [-0.4, -0.2) is 33.1 Å². The van der Waals surface area contributed by atoms with Crippen LogP contribution in [0.15, 0.2) is 66.7 Å². The van der Waals surface area contributed by atoms with E-state index < -0.39 is 5.97 Å². The number of carbonyl (C=O) groups excluding carboxylic acids is 1. The number of aromatic nitrogens is 2. The van der Waals surface area contributed by atoms with Gasteiger partial charge in [0.25, 0.3) is 0 Å². The van der Waals surface area contributed by atoms with Crippen LogP contribution in [-0.2, 0) is 17.8 Å². The molecule has 6 nitrogen and oxygen atoms in total. The molecule has 2 aliphatic rings. The SMILES string of the molecule is CCCCc1nc2ccc(N3CC4CCCCC4C3=O)cc2n1Cc1ccc(-c2ccccc2)c(C(=O)O)c1. The van der Waals surface area contributed by atoms with Crippen molar-refractivity contribution >= 4 is 28.6 Å². The summed E-state index contributed by atoms with van der Waals surface area (Å²) in [5.41, 5.74) is 5.65. The van der Waals surface area contributed by atoms with Crippen LogP contribution in [0.1, 0.15) is 67.2 Å². The lowest BCUT2D eigenvalue weighted by Gasteiger charge is -2.21. The van der Waals surface area contributed by atoms with Gasteiger partial charge in [-0.15, -0.1) is 0 Å². The van der Waals surface area contributed by atoms with Crippen molar-refractivity contribution in [3.8, 4) is 11.1 Å². The number of aromatic carboxylic acids is 1. The Morgan fingerprint density at radius 1 is 1.03 bits per heavy atom. The maximum atomic E-state index is 13.3. The van der Waals surface area contributed by atoms with Crippen LogP contribution in [0.3, 0.4) is 0 Å². The molecule has 2 atom stereocenters. The Morgan fingerprint density at radius 2 is 1.85 bits per heavy atom. The topological polar surface area (TPSA) is 75.4 Å². The van der Waals surface area contributed by atoms with E-state index in [1.165, 1.54) is 6.42 Å². The summed E-state index contributed by atoms with van der Waals surface area (Å²) >= 11 is 0. The van der Waals surface area contributed by atoms with Crippen molar-refractivity contribution in [1.29, 1.82) is 0 Å². The van der Waals surface area contributed by atoms with Crippen molar-refractivity contribution in [2.24, 2.45) is 11.8 Å². The van der Waals surface area contributed by atoms with Crippen LogP contribution in [0.25, 0.3) is 22.2 Å². The molecule has 0 bridgehead atoms. The quantitative estimate of drug-likeness (QED) is 0.272. The maximum absolute atomic E-state index is 13.3. The average molecular weight is 522 g/mol. The normalized spacial score (nSPS) is 19.0. The zero-order valence-electron chi connectivity index (χ0n) is 22.5. The van der Waals surface area contributed by atoms with E-state index >= 15 is 0 Å². The molecule has 2 heterocycles. The third-order valence-corrected chi connectivity index (χ3v) is 8.53. The predicted octanol–water partition coefficient (Wildman–Crippen LogP) is 6.95. The number of unbranched alkanes of at least 4 members (excludes halogenated alkanes) is 1. The van der Waals surface area contributed by atoms with Gasteiger partial charge >= 0.3 is 5.97 Å². The molecule has 1 aliphatic heterocycles. The van der Waals surface area contributed by atoms with E-state index in [2.05, 4.69) is 17.6 Å². The first-order valence-electron chi connectivity index (χ1n) is 14.3. The van der Waals surface area contributed by atoms with Crippen LogP contribution >= 0.6 is 0 Å². The number of anilines is 1. The molecule has 1 aromatic heterocycles. The highest BCUT2D eigenvalue weighted by Gasteiger charge is 2.41. The lowest BCUT2D eigenvalue weighted by Crippen LogP contribution is -2.27. The molecule has 0 spiro atoms. The molecule has 1 aliphatic carbocycles. The van der Waals surface area contributed by atoms with Gasteiger partial charge in [-0.25, -0.2) is 9.78 Å². The van der Waals surface area contributed by atoms with Crippen LogP contribution in [0.5, 0.6) is 0 Å². The second-order valence-corrected chi connectivity index (χ2v) is 11.0. The number of nitrogens with zero attached hydrogens (tertiary/aromatic N) is 3. The third kappa shape index (κ3) is 4.84. The van der Waals surface area contributed by atoms with Crippen molar-refractivity contribution in [3.05, 3.63) is 83.7 Å². The largest absolute Gasteiger partial charge is 0.478 e. The highest BCUT2D eigenvalue weighted by atomic mass is 16.4. The zero-order valence-corrected chi connectivity index (χ0v) is 22.5. The van der Waals surface area contributed by atoms with Gasteiger partial charge < -0.3 is 14.6 Å². The zero-order chi connectivity index (χ0) is 26.9. The molecule has 2 fully saturated rings. The number of rotatable bonds is 8. The van der Waals surface area contributed by atoms with Gasteiger partial charge in [0, 0.05) is 31.1 Å². The highest BCUT2D eigenvalue weighted by Crippen LogP contribution is 2.39. The monoisotopic (exact) mass is 521 g/mol. The molecule has 200 valence electrons. The second-order valence-electron chi connectivity index (χ2n) is 11.0. The predicted molar refractivity (Wildman–Crippen MR) is 154 cm³/mol. The van der Waals surface area contributed by atoms with Crippen LogP contribution in [0, 0.1) is 11.8 Å². The van der Waals surface area contributed by atoms with E-state index in [1.807, 2.05) is 59.5 Å². The van der Waals surface area contributed by atoms with Crippen LogP contribution < -0.4 is 4.90 Å². The van der Waals surface area contributed by atoms with Crippen molar-refractivity contribution in [1.82, 2.24) is 9.55 Å². The van der Waals surface area contributed by atoms with Gasteiger partial charge in [-0.05, 0) is 66.1 Å². The van der Waals surface area contributed by atoms with Crippen molar-refractivity contribution in [2.75, 3.05) is 11.4 Å². The minimum atomic E-state index is -0.936. The number of aryl methyl sites for hydroxylation is 1. The third-order valence-electron chi connectivity index (χ3n) is 8.53. The summed E-state index contributed by atoms with van der Waals surface area (Å²) < 4.78 is 2.21. The second kappa shape index (κ2) is 10.7. The van der Waals surface area contributed by atoms with Crippen molar-refractivity contribution in [3.63, 3.8) is 0 Å². The highest BCUT2D eigenvalue weighted by molar-refractivity contribution is 5.99. The molecule has 3 aromatic carbocycles. The summed E-state index contributed by atoms with van der Waals surface area (Å²) in [4.78, 5) is 32.5. The smallest absolute Gasteiger partial charge is 0.336 e. The van der Waals surface area contributed by atoms with Gasteiger partial charge in [0.1, 0.15) is 5.82 Å². The van der Waals surface area contributed by atoms with Crippen LogP contribution in [0.4, 0.5) is 5.69 Å². The van der Waals surface area contributed by atoms with E-state index in [0.29, 0.717) is 23.6 Å². The number of hydrogen-bond donors (Lipinski definition) is 1. The van der Waals surface area contributed by atoms with E-state index in [1.54, 1.807) is 6.07 Å². The molecule has 39 heavy (non-hydrogen) atoms. The van der Waals surface area contributed by atoms with Gasteiger partial charge in [0.15, 0.2) is 0 Å². The van der Waals surface area contributed by atoms with Gasteiger partial charge in [-0.1, -0.05) is 68.7 Å². The number of fused-ring (bicyclic) bond motifs is 2. The Morgan fingerprint density at radius 3 is 2.62 bits per heavy atom. The first kappa shape index (κ1) is 25.4. The Balaban J connectivity index is 1.38. The van der Waals surface area contributed by atoms with E-state index in [4.69, 9.17) is 4.98 Å². The number of carboxylic acid groups (broad SMARTS) is 1.